The second-order valence-electron chi connectivity index (χ2n) is 13.4. The molecule has 5 aromatic carbocycles. The average molecular weight is 660 g/mol. The van der Waals surface area contributed by atoms with Gasteiger partial charge >= 0.3 is 99.2 Å². The number of hydrogen-bond acceptors (Lipinski definition) is 0. The molecule has 0 radical (unpaired) electrons. The van der Waals surface area contributed by atoms with Crippen LogP contribution in [-0.4, -0.2) is 19.4 Å². The fraction of sp³-hybridized carbons (Fsp3) is 0.231. The molecule has 0 unspecified atom stereocenters. The summed E-state index contributed by atoms with van der Waals surface area (Å²) in [6.07, 6.45) is 6.80. The van der Waals surface area contributed by atoms with Gasteiger partial charge in [-0.2, -0.15) is 5.20 Å². The number of aryl methyl sites for hydroxylation is 2. The minimum atomic E-state index is -1.10. The van der Waals surface area contributed by atoms with Crippen molar-refractivity contribution in [3.63, 3.8) is 0 Å². The van der Waals surface area contributed by atoms with Crippen LogP contribution >= 0.6 is 0 Å². The summed E-state index contributed by atoms with van der Waals surface area (Å²) in [6.45, 7) is 18.9. The molecule has 0 amide bonds. The SMILES string of the molecule is C[Si](C)(C)C1=C([Si](C)(C)C)C[C-]=C1.Cc1ccc2c(c1)[cH-]c1cc(C)ccc12.[Zr+2]=[C](c1ccccc1)c1ccccc1. The zero-order valence-electron chi connectivity index (χ0n) is 26.6. The second-order valence-corrected chi connectivity index (χ2v) is 24.7. The van der Waals surface area contributed by atoms with Crippen LogP contribution in [0.3, 0.4) is 0 Å². The molecular weight excluding hydrogens is 616 g/mol. The molecule has 0 aromatic heterocycles. The molecule has 0 atom stereocenters. The molecule has 0 nitrogen and oxygen atoms in total. The number of fused-ring (bicyclic) bond motifs is 3. The zero-order valence-corrected chi connectivity index (χ0v) is 31.1. The number of rotatable bonds is 4. The molecule has 0 saturated carbocycles. The molecule has 1 aliphatic carbocycles. The van der Waals surface area contributed by atoms with Gasteiger partial charge in [-0.05, 0) is 21.9 Å². The Labute approximate surface area is 270 Å². The summed E-state index contributed by atoms with van der Waals surface area (Å²) in [5.41, 5.74) is 5.32. The molecule has 6 rings (SSSR count). The van der Waals surface area contributed by atoms with Crippen LogP contribution in [0, 0.1) is 19.9 Å². The van der Waals surface area contributed by atoms with E-state index in [1.165, 1.54) is 71.2 Å². The fourth-order valence-corrected chi connectivity index (χ4v) is 11.5. The summed E-state index contributed by atoms with van der Waals surface area (Å²) >= 11 is 1.46. The van der Waals surface area contributed by atoms with Crippen LogP contribution in [0.5, 0.6) is 0 Å². The molecule has 0 aliphatic heterocycles. The van der Waals surface area contributed by atoms with Crippen LogP contribution < -0.4 is 0 Å². The van der Waals surface area contributed by atoms with E-state index in [0.29, 0.717) is 0 Å². The number of hydrogen-bond donors (Lipinski definition) is 0. The molecule has 5 aromatic rings. The van der Waals surface area contributed by atoms with Gasteiger partial charge in [0.1, 0.15) is 0 Å². The second kappa shape index (κ2) is 13.8. The number of allylic oxidation sites excluding steroid dienone is 4. The first-order valence-corrected chi connectivity index (χ1v) is 23.1. The third-order valence-electron chi connectivity index (χ3n) is 7.70. The van der Waals surface area contributed by atoms with E-state index < -0.39 is 16.1 Å². The summed E-state index contributed by atoms with van der Waals surface area (Å²) in [5.74, 6) is 0. The standard InChI is InChI=1S/C15H13.C13H10.C11H21Si2.Zr/c1-10-3-5-14-12(7-10)9-13-8-11(2)4-6-15(13)14;1-3-7-12(8-4-1)11-13-9-5-2-6-10-13;1-12(2,3)10-8-7-9-11(10)13(4,5)6;/h3-9H,1-2H3;1-10H;8H,9H2,1-6H3;/q-1;;-1;+2. The Bertz CT molecular complexity index is 1630. The van der Waals surface area contributed by atoms with Crippen molar-refractivity contribution < 1.29 is 24.2 Å². The summed E-state index contributed by atoms with van der Waals surface area (Å²) in [6, 6.07) is 36.7. The third-order valence-corrected chi connectivity index (χ3v) is 13.7. The van der Waals surface area contributed by atoms with Gasteiger partial charge in [-0.3, -0.25) is 6.08 Å². The van der Waals surface area contributed by atoms with Crippen LogP contribution in [0.25, 0.3) is 21.5 Å². The molecule has 0 heterocycles. The Morgan fingerprint density at radius 2 is 1.10 bits per heavy atom. The Morgan fingerprint density at radius 3 is 1.48 bits per heavy atom. The molecule has 0 N–H and O–H groups in total. The van der Waals surface area contributed by atoms with Crippen molar-refractivity contribution in [2.45, 2.75) is 59.6 Å². The Hall–Kier alpha value is -2.58. The van der Waals surface area contributed by atoms with Gasteiger partial charge in [-0.25, -0.2) is 11.3 Å². The monoisotopic (exact) mass is 658 g/mol. The summed E-state index contributed by atoms with van der Waals surface area (Å²) in [5, 5.41) is 8.90. The van der Waals surface area contributed by atoms with E-state index in [2.05, 4.69) is 168 Å². The van der Waals surface area contributed by atoms with Crippen LogP contribution in [-0.2, 0) is 24.2 Å². The molecule has 0 bridgehead atoms. The molecule has 0 saturated heterocycles. The zero-order chi connectivity index (χ0) is 30.5. The average Bonchev–Trinajstić information content (AvgIpc) is 3.59. The van der Waals surface area contributed by atoms with Gasteiger partial charge in [0.25, 0.3) is 0 Å². The molecule has 0 fully saturated rings. The Kier molecular flexibility index (Phi) is 10.6. The van der Waals surface area contributed by atoms with Gasteiger partial charge < -0.3 is 0 Å². The first-order chi connectivity index (χ1) is 19.8. The summed E-state index contributed by atoms with van der Waals surface area (Å²) < 4.78 is 1.42. The normalized spacial score (nSPS) is 13.1. The van der Waals surface area contributed by atoms with E-state index in [1.807, 2.05) is 0 Å². The van der Waals surface area contributed by atoms with E-state index in [0.717, 1.165) is 6.42 Å². The van der Waals surface area contributed by atoms with Crippen LogP contribution in [0.15, 0.2) is 120 Å². The summed E-state index contributed by atoms with van der Waals surface area (Å²) in [7, 11) is -2.18. The van der Waals surface area contributed by atoms with Crippen LogP contribution in [0.2, 0.25) is 39.3 Å². The first kappa shape index (κ1) is 32.3. The van der Waals surface area contributed by atoms with E-state index in [1.54, 1.807) is 10.4 Å². The summed E-state index contributed by atoms with van der Waals surface area (Å²) in [4.78, 5) is 0. The molecule has 3 heteroatoms. The van der Waals surface area contributed by atoms with Crippen molar-refractivity contribution >= 4 is 40.9 Å². The quantitative estimate of drug-likeness (QED) is 0.133. The van der Waals surface area contributed by atoms with Gasteiger partial charge in [0.05, 0.1) is 8.07 Å². The fourth-order valence-electron chi connectivity index (χ4n) is 5.41. The maximum absolute atomic E-state index is 3.41. The Morgan fingerprint density at radius 1 is 0.643 bits per heavy atom. The van der Waals surface area contributed by atoms with Gasteiger partial charge in [0, 0.05) is 0 Å². The van der Waals surface area contributed by atoms with Crippen LogP contribution in [0.4, 0.5) is 0 Å². The van der Waals surface area contributed by atoms with Crippen molar-refractivity contribution in [1.29, 1.82) is 0 Å². The van der Waals surface area contributed by atoms with Gasteiger partial charge in [-0.1, -0.05) is 74.7 Å². The third kappa shape index (κ3) is 8.28. The van der Waals surface area contributed by atoms with E-state index in [4.69, 9.17) is 0 Å². The maximum atomic E-state index is 3.41. The van der Waals surface area contributed by atoms with E-state index in [9.17, 15) is 0 Å². The topological polar surface area (TPSA) is 0 Å². The van der Waals surface area contributed by atoms with E-state index in [-0.39, 0.29) is 0 Å². The van der Waals surface area contributed by atoms with Crippen molar-refractivity contribution in [2.24, 2.45) is 0 Å². The van der Waals surface area contributed by atoms with E-state index >= 15 is 0 Å². The number of benzene rings is 4. The molecular formula is C39H44Si2Zr. The predicted octanol–water partition coefficient (Wildman–Crippen LogP) is 10.9. The van der Waals surface area contributed by atoms with Crippen molar-refractivity contribution in [3.8, 4) is 0 Å². The Balaban J connectivity index is 0.000000145. The minimum absolute atomic E-state index is 1.08. The molecule has 42 heavy (non-hydrogen) atoms. The molecule has 1 aliphatic rings. The molecule has 212 valence electrons. The first-order valence-electron chi connectivity index (χ1n) is 14.9. The van der Waals surface area contributed by atoms with Crippen LogP contribution in [0.1, 0.15) is 28.7 Å². The van der Waals surface area contributed by atoms with Gasteiger partial charge in [0.2, 0.25) is 0 Å². The van der Waals surface area contributed by atoms with Crippen molar-refractivity contribution in [2.75, 3.05) is 0 Å². The molecule has 0 spiro atoms. The van der Waals surface area contributed by atoms with Gasteiger partial charge in [0.15, 0.2) is 0 Å². The van der Waals surface area contributed by atoms with Crippen molar-refractivity contribution in [3.05, 3.63) is 148 Å². The predicted molar refractivity (Wildman–Crippen MR) is 189 cm³/mol. The van der Waals surface area contributed by atoms with Crippen molar-refractivity contribution in [1.82, 2.24) is 0 Å². The van der Waals surface area contributed by atoms with Gasteiger partial charge in [-0.15, -0.1) is 46.2 Å².